The summed E-state index contributed by atoms with van der Waals surface area (Å²) in [6.07, 6.45) is 5.99. The highest BCUT2D eigenvalue weighted by molar-refractivity contribution is 5.59. The molecule has 5 heteroatoms. The molecule has 0 atom stereocenters. The maximum Gasteiger partial charge on any atom is 0.118 e. The van der Waals surface area contributed by atoms with Gasteiger partial charge in [0.25, 0.3) is 0 Å². The van der Waals surface area contributed by atoms with Gasteiger partial charge in [0.2, 0.25) is 0 Å². The molecule has 0 saturated heterocycles. The molecule has 0 saturated carbocycles. The molecular formula is C11H12N4O. The molecule has 0 radical (unpaired) electrons. The van der Waals surface area contributed by atoms with Crippen LogP contribution in [0, 0.1) is 0 Å². The summed E-state index contributed by atoms with van der Waals surface area (Å²) in [5, 5.41) is 4.50. The van der Waals surface area contributed by atoms with E-state index in [0.29, 0.717) is 6.61 Å². The number of aryl methyl sites for hydroxylation is 1. The van der Waals surface area contributed by atoms with Crippen LogP contribution in [0.3, 0.4) is 0 Å². The molecule has 2 aromatic heterocycles. The zero-order valence-electron chi connectivity index (χ0n) is 9.05. The summed E-state index contributed by atoms with van der Waals surface area (Å²) in [6, 6.07) is 0. The Morgan fingerprint density at radius 3 is 3.12 bits per heavy atom. The van der Waals surface area contributed by atoms with Crippen molar-refractivity contribution in [2.24, 2.45) is 7.05 Å². The highest BCUT2D eigenvalue weighted by Gasteiger charge is 2.21. The van der Waals surface area contributed by atoms with E-state index in [1.54, 1.807) is 18.6 Å². The lowest BCUT2D eigenvalue weighted by Gasteiger charge is -2.13. The van der Waals surface area contributed by atoms with Gasteiger partial charge in [-0.1, -0.05) is 0 Å². The topological polar surface area (TPSA) is 52.8 Å². The van der Waals surface area contributed by atoms with Crippen molar-refractivity contribution in [2.75, 3.05) is 6.61 Å². The molecule has 1 aliphatic rings. The second kappa shape index (κ2) is 3.68. The first-order chi connectivity index (χ1) is 7.86. The molecule has 0 aliphatic carbocycles. The van der Waals surface area contributed by atoms with Crippen molar-refractivity contribution in [1.29, 1.82) is 0 Å². The van der Waals surface area contributed by atoms with Crippen LogP contribution in [0.15, 0.2) is 18.6 Å². The smallest absolute Gasteiger partial charge is 0.118 e. The molecule has 16 heavy (non-hydrogen) atoms. The summed E-state index contributed by atoms with van der Waals surface area (Å²) < 4.78 is 7.39. The molecule has 0 amide bonds. The summed E-state index contributed by atoms with van der Waals surface area (Å²) in [6.45, 7) is 1.39. The molecule has 0 unspecified atom stereocenters. The van der Waals surface area contributed by atoms with Crippen LogP contribution in [0.2, 0.25) is 0 Å². The third-order valence-electron chi connectivity index (χ3n) is 2.81. The fourth-order valence-electron chi connectivity index (χ4n) is 2.04. The molecule has 1 aliphatic heterocycles. The van der Waals surface area contributed by atoms with Crippen LogP contribution in [0.25, 0.3) is 11.4 Å². The normalized spacial score (nSPS) is 14.8. The zero-order chi connectivity index (χ0) is 11.0. The van der Waals surface area contributed by atoms with E-state index in [0.717, 1.165) is 30.0 Å². The van der Waals surface area contributed by atoms with Crippen molar-refractivity contribution in [1.82, 2.24) is 19.7 Å². The Morgan fingerprint density at radius 1 is 1.38 bits per heavy atom. The average Bonchev–Trinajstić information content (AvgIpc) is 2.69. The maximum atomic E-state index is 5.47. The largest absolute Gasteiger partial charge is 0.376 e. The molecule has 0 spiro atoms. The van der Waals surface area contributed by atoms with E-state index in [1.807, 2.05) is 11.7 Å². The van der Waals surface area contributed by atoms with Crippen molar-refractivity contribution < 1.29 is 4.74 Å². The second-order valence-corrected chi connectivity index (χ2v) is 3.79. The number of fused-ring (bicyclic) bond motifs is 1. The summed E-state index contributed by atoms with van der Waals surface area (Å²) in [5.74, 6) is 0. The van der Waals surface area contributed by atoms with E-state index in [9.17, 15) is 0 Å². The van der Waals surface area contributed by atoms with E-state index in [1.165, 1.54) is 5.69 Å². The first kappa shape index (κ1) is 9.47. The molecule has 0 aromatic carbocycles. The van der Waals surface area contributed by atoms with Gasteiger partial charge in [0.1, 0.15) is 11.4 Å². The molecule has 2 aromatic rings. The number of ether oxygens (including phenoxy) is 1. The molecule has 0 bridgehead atoms. The fraction of sp³-hybridized carbons (Fsp3) is 0.364. The van der Waals surface area contributed by atoms with E-state index in [4.69, 9.17) is 4.74 Å². The summed E-state index contributed by atoms with van der Waals surface area (Å²) in [7, 11) is 1.96. The van der Waals surface area contributed by atoms with Gasteiger partial charge in [0.15, 0.2) is 0 Å². The maximum absolute atomic E-state index is 5.47. The first-order valence-electron chi connectivity index (χ1n) is 5.25. The minimum absolute atomic E-state index is 0.620. The van der Waals surface area contributed by atoms with Crippen LogP contribution in [0.1, 0.15) is 11.3 Å². The minimum Gasteiger partial charge on any atom is -0.376 e. The lowest BCUT2D eigenvalue weighted by atomic mass is 10.1. The third kappa shape index (κ3) is 1.40. The van der Waals surface area contributed by atoms with Crippen LogP contribution in [-0.4, -0.2) is 26.4 Å². The van der Waals surface area contributed by atoms with Crippen LogP contribution in [0.4, 0.5) is 0 Å². The molecule has 3 heterocycles. The molecule has 5 nitrogen and oxygen atoms in total. The van der Waals surface area contributed by atoms with E-state index in [2.05, 4.69) is 15.1 Å². The third-order valence-corrected chi connectivity index (χ3v) is 2.81. The fourth-order valence-corrected chi connectivity index (χ4v) is 2.04. The van der Waals surface area contributed by atoms with Crippen LogP contribution in [-0.2, 0) is 24.8 Å². The molecule has 0 fully saturated rings. The Balaban J connectivity index is 2.15. The summed E-state index contributed by atoms with van der Waals surface area (Å²) >= 11 is 0. The Bertz CT molecular complexity index is 506. The lowest BCUT2D eigenvalue weighted by molar-refractivity contribution is 0.109. The van der Waals surface area contributed by atoms with Gasteiger partial charge in [0, 0.05) is 37.1 Å². The van der Waals surface area contributed by atoms with E-state index in [-0.39, 0.29) is 0 Å². The Morgan fingerprint density at radius 2 is 2.31 bits per heavy atom. The van der Waals surface area contributed by atoms with Crippen LogP contribution >= 0.6 is 0 Å². The van der Waals surface area contributed by atoms with Gasteiger partial charge < -0.3 is 4.74 Å². The predicted molar refractivity (Wildman–Crippen MR) is 57.6 cm³/mol. The molecule has 3 rings (SSSR count). The standard InChI is InChI=1S/C11H12N4O/c1-15-10-2-5-16-7-8(10)11(14-15)9-6-12-3-4-13-9/h3-4,6H,2,5,7H2,1H3. The highest BCUT2D eigenvalue weighted by atomic mass is 16.5. The summed E-state index contributed by atoms with van der Waals surface area (Å²) in [4.78, 5) is 8.34. The quantitative estimate of drug-likeness (QED) is 0.712. The van der Waals surface area contributed by atoms with Gasteiger partial charge in [-0.3, -0.25) is 14.6 Å². The van der Waals surface area contributed by atoms with Gasteiger partial charge in [0.05, 0.1) is 19.4 Å². The lowest BCUT2D eigenvalue weighted by Crippen LogP contribution is -2.11. The van der Waals surface area contributed by atoms with Gasteiger partial charge in [-0.25, -0.2) is 0 Å². The Labute approximate surface area is 93.1 Å². The van der Waals surface area contributed by atoms with Crippen molar-refractivity contribution in [3.63, 3.8) is 0 Å². The Kier molecular flexibility index (Phi) is 2.18. The van der Waals surface area contributed by atoms with Crippen molar-refractivity contribution in [3.8, 4) is 11.4 Å². The van der Waals surface area contributed by atoms with Gasteiger partial charge >= 0.3 is 0 Å². The zero-order valence-corrected chi connectivity index (χ0v) is 9.05. The van der Waals surface area contributed by atoms with Gasteiger partial charge in [-0.2, -0.15) is 5.10 Å². The van der Waals surface area contributed by atoms with Crippen LogP contribution in [0.5, 0.6) is 0 Å². The van der Waals surface area contributed by atoms with Crippen LogP contribution < -0.4 is 0 Å². The number of nitrogens with zero attached hydrogens (tertiary/aromatic N) is 4. The molecule has 0 N–H and O–H groups in total. The van der Waals surface area contributed by atoms with Crippen molar-refractivity contribution >= 4 is 0 Å². The monoisotopic (exact) mass is 216 g/mol. The minimum atomic E-state index is 0.620. The van der Waals surface area contributed by atoms with Gasteiger partial charge in [-0.15, -0.1) is 0 Å². The van der Waals surface area contributed by atoms with Crippen molar-refractivity contribution in [3.05, 3.63) is 29.8 Å². The molecule has 82 valence electrons. The first-order valence-corrected chi connectivity index (χ1v) is 5.25. The predicted octanol–water partition coefficient (Wildman–Crippen LogP) is 0.950. The van der Waals surface area contributed by atoms with E-state index >= 15 is 0 Å². The SMILES string of the molecule is Cn1nc(-c2cnccn2)c2c1CCOC2. The van der Waals surface area contributed by atoms with E-state index < -0.39 is 0 Å². The number of hydrogen-bond donors (Lipinski definition) is 0. The number of rotatable bonds is 1. The average molecular weight is 216 g/mol. The number of hydrogen-bond acceptors (Lipinski definition) is 4. The van der Waals surface area contributed by atoms with Gasteiger partial charge in [-0.05, 0) is 0 Å². The highest BCUT2D eigenvalue weighted by Crippen LogP contribution is 2.26. The number of aromatic nitrogens is 4. The molecular weight excluding hydrogens is 204 g/mol. The Hall–Kier alpha value is -1.75. The second-order valence-electron chi connectivity index (χ2n) is 3.79. The van der Waals surface area contributed by atoms with Crippen molar-refractivity contribution in [2.45, 2.75) is 13.0 Å². The summed E-state index contributed by atoms with van der Waals surface area (Å²) in [5.41, 5.74) is 4.09.